The molecule has 0 aliphatic rings. The van der Waals surface area contributed by atoms with Crippen molar-refractivity contribution in [3.8, 4) is 0 Å². The zero-order valence-electron chi connectivity index (χ0n) is 9.15. The van der Waals surface area contributed by atoms with Crippen LogP contribution in [0.2, 0.25) is 0 Å². The van der Waals surface area contributed by atoms with Crippen LogP contribution in [0.3, 0.4) is 0 Å². The molecule has 0 radical (unpaired) electrons. The molecule has 0 aliphatic heterocycles. The monoisotopic (exact) mass is 235 g/mol. The quantitative estimate of drug-likeness (QED) is 0.804. The molecule has 1 aromatic carbocycles. The van der Waals surface area contributed by atoms with Crippen molar-refractivity contribution < 1.29 is 9.90 Å². The number of hydrogen-bond donors (Lipinski definition) is 2. The number of aromatic nitrogens is 1. The highest BCUT2D eigenvalue weighted by atomic mass is 32.2. The molecule has 4 heteroatoms. The van der Waals surface area contributed by atoms with E-state index in [1.54, 1.807) is 13.8 Å². The maximum Gasteiger partial charge on any atom is 0.319 e. The van der Waals surface area contributed by atoms with E-state index in [1.165, 1.54) is 11.8 Å². The van der Waals surface area contributed by atoms with Crippen molar-refractivity contribution in [3.63, 3.8) is 0 Å². The van der Waals surface area contributed by atoms with Gasteiger partial charge in [0.1, 0.15) is 4.75 Å². The van der Waals surface area contributed by atoms with Crippen LogP contribution in [0.4, 0.5) is 0 Å². The van der Waals surface area contributed by atoms with Gasteiger partial charge in [0.05, 0.1) is 0 Å². The number of thioether (sulfide) groups is 1. The summed E-state index contributed by atoms with van der Waals surface area (Å²) in [5.41, 5.74) is 1.03. The third kappa shape index (κ3) is 1.93. The minimum atomic E-state index is -0.815. The number of hydrogen-bond acceptors (Lipinski definition) is 2. The van der Waals surface area contributed by atoms with Crippen molar-refractivity contribution in [2.45, 2.75) is 23.5 Å². The molecule has 1 aromatic heterocycles. The molecule has 0 amide bonds. The number of benzene rings is 1. The molecule has 0 saturated heterocycles. The molecule has 2 N–H and O–H groups in total. The third-order valence-electron chi connectivity index (χ3n) is 2.43. The minimum absolute atomic E-state index is 0.803. The normalized spacial score (nSPS) is 11.9. The molecule has 1 heterocycles. The van der Waals surface area contributed by atoms with Crippen molar-refractivity contribution in [2.24, 2.45) is 0 Å². The second-order valence-corrected chi connectivity index (χ2v) is 5.78. The van der Waals surface area contributed by atoms with Gasteiger partial charge in [0.25, 0.3) is 0 Å². The average molecular weight is 235 g/mol. The van der Waals surface area contributed by atoms with E-state index in [-0.39, 0.29) is 0 Å². The van der Waals surface area contributed by atoms with Crippen molar-refractivity contribution in [1.82, 2.24) is 4.98 Å². The number of rotatable bonds is 3. The van der Waals surface area contributed by atoms with E-state index in [0.717, 1.165) is 15.8 Å². The highest BCUT2D eigenvalue weighted by molar-refractivity contribution is 8.01. The molecule has 16 heavy (non-hydrogen) atoms. The first-order valence-corrected chi connectivity index (χ1v) is 5.81. The summed E-state index contributed by atoms with van der Waals surface area (Å²) >= 11 is 1.36. The summed E-state index contributed by atoms with van der Waals surface area (Å²) in [4.78, 5) is 15.2. The summed E-state index contributed by atoms with van der Waals surface area (Å²) in [5.74, 6) is -0.803. The van der Waals surface area contributed by atoms with E-state index in [4.69, 9.17) is 5.11 Å². The van der Waals surface area contributed by atoms with Gasteiger partial charge in [-0.1, -0.05) is 18.2 Å². The first-order chi connectivity index (χ1) is 7.50. The number of carboxylic acids is 1. The molecule has 0 aliphatic carbocycles. The molecule has 0 fully saturated rings. The predicted octanol–water partition coefficient (Wildman–Crippen LogP) is 3.12. The highest BCUT2D eigenvalue weighted by Gasteiger charge is 2.29. The van der Waals surface area contributed by atoms with Crippen molar-refractivity contribution in [2.75, 3.05) is 0 Å². The number of carbonyl (C=O) groups is 1. The van der Waals surface area contributed by atoms with Crippen LogP contribution in [-0.4, -0.2) is 20.8 Å². The van der Waals surface area contributed by atoms with Crippen molar-refractivity contribution in [1.29, 1.82) is 0 Å². The smallest absolute Gasteiger partial charge is 0.319 e. The van der Waals surface area contributed by atoms with Crippen LogP contribution in [0.15, 0.2) is 35.4 Å². The Kier molecular flexibility index (Phi) is 2.68. The van der Waals surface area contributed by atoms with E-state index in [1.807, 2.05) is 30.5 Å². The van der Waals surface area contributed by atoms with Gasteiger partial charge >= 0.3 is 5.97 Å². The summed E-state index contributed by atoms with van der Waals surface area (Å²) in [7, 11) is 0. The number of aromatic amines is 1. The van der Waals surface area contributed by atoms with Gasteiger partial charge < -0.3 is 10.1 Å². The lowest BCUT2D eigenvalue weighted by Crippen LogP contribution is -2.26. The van der Waals surface area contributed by atoms with Gasteiger partial charge in [-0.15, -0.1) is 11.8 Å². The van der Waals surface area contributed by atoms with Crippen LogP contribution in [0.25, 0.3) is 10.9 Å². The van der Waals surface area contributed by atoms with Gasteiger partial charge in [-0.05, 0) is 19.9 Å². The molecule has 84 valence electrons. The topological polar surface area (TPSA) is 53.1 Å². The fourth-order valence-corrected chi connectivity index (χ4v) is 2.49. The Balaban J connectivity index is 2.38. The first kappa shape index (κ1) is 11.1. The van der Waals surface area contributed by atoms with E-state index in [2.05, 4.69) is 4.98 Å². The van der Waals surface area contributed by atoms with Gasteiger partial charge in [-0.2, -0.15) is 0 Å². The summed E-state index contributed by atoms with van der Waals surface area (Å²) < 4.78 is -0.815. The summed E-state index contributed by atoms with van der Waals surface area (Å²) in [5, 5.41) is 10.2. The zero-order chi connectivity index (χ0) is 11.8. The molecule has 0 bridgehead atoms. The second kappa shape index (κ2) is 3.87. The Labute approximate surface area is 97.9 Å². The SMILES string of the molecule is CC(C)(Sc1c[nH]c2ccccc12)C(=O)O. The van der Waals surface area contributed by atoms with Crippen LogP contribution in [0, 0.1) is 0 Å². The van der Waals surface area contributed by atoms with Crippen LogP contribution in [-0.2, 0) is 4.79 Å². The lowest BCUT2D eigenvalue weighted by molar-refractivity contribution is -0.138. The first-order valence-electron chi connectivity index (χ1n) is 4.99. The molecular weight excluding hydrogens is 222 g/mol. The van der Waals surface area contributed by atoms with Gasteiger partial charge in [-0.3, -0.25) is 4.79 Å². The van der Waals surface area contributed by atoms with Crippen molar-refractivity contribution in [3.05, 3.63) is 30.5 Å². The Hall–Kier alpha value is -1.42. The minimum Gasteiger partial charge on any atom is -0.480 e. The van der Waals surface area contributed by atoms with E-state index >= 15 is 0 Å². The number of para-hydroxylation sites is 1. The van der Waals surface area contributed by atoms with E-state index < -0.39 is 10.7 Å². The number of fused-ring (bicyclic) bond motifs is 1. The van der Waals surface area contributed by atoms with E-state index in [9.17, 15) is 4.79 Å². The van der Waals surface area contributed by atoms with Gasteiger partial charge in [-0.25, -0.2) is 0 Å². The standard InChI is InChI=1S/C12H13NO2S/c1-12(2,11(14)15)16-10-7-13-9-6-4-3-5-8(9)10/h3-7,13H,1-2H3,(H,14,15). The molecular formula is C12H13NO2S. The average Bonchev–Trinajstić information content (AvgIpc) is 2.61. The Morgan fingerprint density at radius 3 is 2.75 bits per heavy atom. The van der Waals surface area contributed by atoms with Crippen LogP contribution >= 0.6 is 11.8 Å². The molecule has 2 aromatic rings. The van der Waals surface area contributed by atoms with Crippen LogP contribution in [0.5, 0.6) is 0 Å². The Morgan fingerprint density at radius 2 is 2.06 bits per heavy atom. The summed E-state index contributed by atoms with van der Waals surface area (Å²) in [6.07, 6.45) is 1.86. The fraction of sp³-hybridized carbons (Fsp3) is 0.250. The maximum absolute atomic E-state index is 11.1. The lowest BCUT2D eigenvalue weighted by Gasteiger charge is -2.17. The maximum atomic E-state index is 11.1. The van der Waals surface area contributed by atoms with Gasteiger partial charge in [0.2, 0.25) is 0 Å². The van der Waals surface area contributed by atoms with Crippen LogP contribution < -0.4 is 0 Å². The van der Waals surface area contributed by atoms with E-state index in [0.29, 0.717) is 0 Å². The molecule has 0 saturated carbocycles. The summed E-state index contributed by atoms with van der Waals surface area (Å²) in [6.45, 7) is 3.42. The lowest BCUT2D eigenvalue weighted by atomic mass is 10.2. The number of carboxylic acid groups (broad SMARTS) is 1. The fourth-order valence-electron chi connectivity index (χ4n) is 1.45. The highest BCUT2D eigenvalue weighted by Crippen LogP contribution is 2.36. The van der Waals surface area contributed by atoms with Gasteiger partial charge in [0.15, 0.2) is 0 Å². The molecule has 3 nitrogen and oxygen atoms in total. The number of H-pyrrole nitrogens is 1. The van der Waals surface area contributed by atoms with Crippen molar-refractivity contribution >= 4 is 28.6 Å². The molecule has 0 atom stereocenters. The van der Waals surface area contributed by atoms with Crippen LogP contribution in [0.1, 0.15) is 13.8 Å². The number of aliphatic carboxylic acids is 1. The Morgan fingerprint density at radius 1 is 1.38 bits per heavy atom. The number of nitrogens with one attached hydrogen (secondary N) is 1. The molecule has 2 rings (SSSR count). The molecule has 0 spiro atoms. The predicted molar refractivity (Wildman–Crippen MR) is 65.9 cm³/mol. The second-order valence-electron chi connectivity index (χ2n) is 4.12. The largest absolute Gasteiger partial charge is 0.480 e. The van der Waals surface area contributed by atoms with Gasteiger partial charge in [0, 0.05) is 22.0 Å². The zero-order valence-corrected chi connectivity index (χ0v) is 9.97. The molecule has 0 unspecified atom stereocenters. The Bertz CT molecular complexity index is 531. The third-order valence-corrected chi connectivity index (χ3v) is 3.67. The summed E-state index contributed by atoms with van der Waals surface area (Å²) in [6, 6.07) is 7.88.